The molecule has 1 unspecified atom stereocenters. The number of aromatic amines is 3. The van der Waals surface area contributed by atoms with Gasteiger partial charge in [-0.05, 0) is 79.8 Å². The first-order valence-corrected chi connectivity index (χ1v) is 8.26. The van der Waals surface area contributed by atoms with E-state index >= 15 is 0 Å². The van der Waals surface area contributed by atoms with Crippen LogP contribution in [0.15, 0.2) is 55.2 Å². The molecule has 0 spiro atoms. The van der Waals surface area contributed by atoms with Crippen molar-refractivity contribution >= 4 is 0 Å². The van der Waals surface area contributed by atoms with Crippen molar-refractivity contribution in [2.24, 2.45) is 5.92 Å². The molecule has 0 aliphatic carbocycles. The van der Waals surface area contributed by atoms with Gasteiger partial charge in [-0.25, -0.2) is 0 Å². The van der Waals surface area contributed by atoms with Gasteiger partial charge in [-0.1, -0.05) is 0 Å². The molecule has 3 N–H and O–H groups in total. The Morgan fingerprint density at radius 2 is 1.59 bits per heavy atom. The minimum Gasteiger partial charge on any atom is -0.367 e. The number of H-pyrrole nitrogens is 3. The standard InChI is InChI=1S/C19H25N3/c1(4-17-8-11-20-14-17)3-16(13-19-5-2-10-22-19)6-7-18-9-12-21-15-18/h2,5,8-12,14-16,20-22H,1,3-4,6-7,13H2. The second kappa shape index (κ2) is 7.74. The third kappa shape index (κ3) is 4.42. The Balaban J connectivity index is 1.50. The zero-order chi connectivity index (χ0) is 15.0. The van der Waals surface area contributed by atoms with E-state index in [0.29, 0.717) is 0 Å². The third-order valence-corrected chi connectivity index (χ3v) is 4.41. The average Bonchev–Trinajstić information content (AvgIpc) is 3.28. The molecule has 0 amide bonds. The molecule has 0 aliphatic rings. The summed E-state index contributed by atoms with van der Waals surface area (Å²) in [5.74, 6) is 0.743. The van der Waals surface area contributed by atoms with Crippen LogP contribution in [0.2, 0.25) is 0 Å². The number of aryl methyl sites for hydroxylation is 2. The molecule has 0 saturated heterocycles. The van der Waals surface area contributed by atoms with Crippen LogP contribution in [0.4, 0.5) is 0 Å². The molecule has 22 heavy (non-hydrogen) atoms. The van der Waals surface area contributed by atoms with Gasteiger partial charge in [-0.2, -0.15) is 0 Å². The average molecular weight is 295 g/mol. The molecular weight excluding hydrogens is 270 g/mol. The quantitative estimate of drug-likeness (QED) is 0.521. The van der Waals surface area contributed by atoms with E-state index in [1.807, 2.05) is 18.6 Å². The Hall–Kier alpha value is -2.16. The van der Waals surface area contributed by atoms with Crippen LogP contribution in [-0.4, -0.2) is 15.0 Å². The smallest absolute Gasteiger partial charge is 0.0149 e. The van der Waals surface area contributed by atoms with Crippen molar-refractivity contribution < 1.29 is 0 Å². The van der Waals surface area contributed by atoms with Crippen LogP contribution in [0.5, 0.6) is 0 Å². The predicted octanol–water partition coefficient (Wildman–Crippen LogP) is 4.49. The molecule has 3 rings (SSSR count). The van der Waals surface area contributed by atoms with Crippen molar-refractivity contribution in [1.29, 1.82) is 0 Å². The first-order chi connectivity index (χ1) is 10.9. The maximum atomic E-state index is 3.35. The van der Waals surface area contributed by atoms with Gasteiger partial charge in [0, 0.05) is 36.7 Å². The molecule has 0 fully saturated rings. The Morgan fingerprint density at radius 1 is 0.818 bits per heavy atom. The van der Waals surface area contributed by atoms with E-state index in [9.17, 15) is 0 Å². The molecule has 116 valence electrons. The van der Waals surface area contributed by atoms with Gasteiger partial charge in [0.05, 0.1) is 0 Å². The third-order valence-electron chi connectivity index (χ3n) is 4.41. The summed E-state index contributed by atoms with van der Waals surface area (Å²) in [5, 5.41) is 0. The van der Waals surface area contributed by atoms with Crippen LogP contribution in [0.1, 0.15) is 36.1 Å². The minimum absolute atomic E-state index is 0.743. The maximum absolute atomic E-state index is 3.35. The van der Waals surface area contributed by atoms with Gasteiger partial charge in [-0.15, -0.1) is 0 Å². The SMILES string of the molecule is c1c[nH]c(CC(CCCc2cc[nH]c2)CCc2cc[nH]c2)c1. The number of rotatable bonds is 9. The van der Waals surface area contributed by atoms with Crippen LogP contribution in [-0.2, 0) is 19.3 Å². The van der Waals surface area contributed by atoms with Crippen LogP contribution in [0, 0.1) is 5.92 Å². The van der Waals surface area contributed by atoms with Crippen molar-refractivity contribution in [2.75, 3.05) is 0 Å². The lowest BCUT2D eigenvalue weighted by Gasteiger charge is -2.16. The van der Waals surface area contributed by atoms with Crippen LogP contribution < -0.4 is 0 Å². The summed E-state index contributed by atoms with van der Waals surface area (Å²) in [6, 6.07) is 8.67. The summed E-state index contributed by atoms with van der Waals surface area (Å²) >= 11 is 0. The number of hydrogen-bond donors (Lipinski definition) is 3. The predicted molar refractivity (Wildman–Crippen MR) is 90.8 cm³/mol. The van der Waals surface area contributed by atoms with E-state index in [1.54, 1.807) is 0 Å². The van der Waals surface area contributed by atoms with Gasteiger partial charge < -0.3 is 15.0 Å². The summed E-state index contributed by atoms with van der Waals surface area (Å²) in [5.41, 5.74) is 4.20. The lowest BCUT2D eigenvalue weighted by atomic mass is 9.90. The fourth-order valence-corrected chi connectivity index (χ4v) is 3.15. The Kier molecular flexibility index (Phi) is 5.19. The van der Waals surface area contributed by atoms with Gasteiger partial charge in [0.15, 0.2) is 0 Å². The minimum atomic E-state index is 0.743. The molecule has 0 aromatic carbocycles. The Labute approximate surface area is 132 Å². The van der Waals surface area contributed by atoms with Crippen molar-refractivity contribution in [3.8, 4) is 0 Å². The first-order valence-electron chi connectivity index (χ1n) is 8.26. The highest BCUT2D eigenvalue weighted by molar-refractivity contribution is 5.10. The van der Waals surface area contributed by atoms with Crippen molar-refractivity contribution in [2.45, 2.75) is 38.5 Å². The topological polar surface area (TPSA) is 47.4 Å². The summed E-state index contributed by atoms with van der Waals surface area (Å²) in [6.45, 7) is 0. The van der Waals surface area contributed by atoms with E-state index in [-0.39, 0.29) is 0 Å². The summed E-state index contributed by atoms with van der Waals surface area (Å²) in [7, 11) is 0. The zero-order valence-electron chi connectivity index (χ0n) is 13.0. The largest absolute Gasteiger partial charge is 0.367 e. The molecule has 0 radical (unpaired) electrons. The molecule has 3 heteroatoms. The van der Waals surface area contributed by atoms with Gasteiger partial charge in [0.1, 0.15) is 0 Å². The van der Waals surface area contributed by atoms with Gasteiger partial charge in [0.25, 0.3) is 0 Å². The molecule has 3 nitrogen and oxygen atoms in total. The van der Waals surface area contributed by atoms with Crippen molar-refractivity contribution in [3.05, 3.63) is 72.1 Å². The number of aromatic nitrogens is 3. The van der Waals surface area contributed by atoms with Crippen molar-refractivity contribution in [3.63, 3.8) is 0 Å². The van der Waals surface area contributed by atoms with E-state index in [4.69, 9.17) is 0 Å². The van der Waals surface area contributed by atoms with E-state index in [1.165, 1.54) is 48.9 Å². The summed E-state index contributed by atoms with van der Waals surface area (Å²) in [4.78, 5) is 9.64. The molecule has 0 saturated carbocycles. The van der Waals surface area contributed by atoms with Crippen LogP contribution >= 0.6 is 0 Å². The Bertz CT molecular complexity index is 606. The fraction of sp³-hybridized carbons (Fsp3) is 0.368. The second-order valence-corrected chi connectivity index (χ2v) is 6.13. The van der Waals surface area contributed by atoms with E-state index in [0.717, 1.165) is 12.3 Å². The first kappa shape index (κ1) is 14.8. The molecule has 1 atom stereocenters. The van der Waals surface area contributed by atoms with Gasteiger partial charge >= 0.3 is 0 Å². The molecule has 3 aromatic rings. The van der Waals surface area contributed by atoms with Crippen molar-refractivity contribution in [1.82, 2.24) is 15.0 Å². The summed E-state index contributed by atoms with van der Waals surface area (Å²) < 4.78 is 0. The number of hydrogen-bond acceptors (Lipinski definition) is 0. The molecular formula is C19H25N3. The zero-order valence-corrected chi connectivity index (χ0v) is 13.0. The maximum Gasteiger partial charge on any atom is 0.0149 e. The highest BCUT2D eigenvalue weighted by atomic mass is 14.7. The molecule has 3 heterocycles. The van der Waals surface area contributed by atoms with E-state index < -0.39 is 0 Å². The van der Waals surface area contributed by atoms with Crippen LogP contribution in [0.3, 0.4) is 0 Å². The normalized spacial score (nSPS) is 12.5. The highest BCUT2D eigenvalue weighted by Crippen LogP contribution is 2.21. The molecule has 0 aliphatic heterocycles. The fourth-order valence-electron chi connectivity index (χ4n) is 3.15. The highest BCUT2D eigenvalue weighted by Gasteiger charge is 2.11. The summed E-state index contributed by atoms with van der Waals surface area (Å²) in [6.07, 6.45) is 17.6. The lowest BCUT2D eigenvalue weighted by Crippen LogP contribution is -2.07. The molecule has 3 aromatic heterocycles. The van der Waals surface area contributed by atoms with Crippen LogP contribution in [0.25, 0.3) is 0 Å². The lowest BCUT2D eigenvalue weighted by molar-refractivity contribution is 0.431. The van der Waals surface area contributed by atoms with Gasteiger partial charge in [-0.3, -0.25) is 0 Å². The monoisotopic (exact) mass is 295 g/mol. The van der Waals surface area contributed by atoms with Gasteiger partial charge in [0.2, 0.25) is 0 Å². The number of nitrogens with one attached hydrogen (secondary N) is 3. The molecule has 0 bridgehead atoms. The Morgan fingerprint density at radius 3 is 2.23 bits per heavy atom. The van der Waals surface area contributed by atoms with E-state index in [2.05, 4.69) is 51.6 Å². The second-order valence-electron chi connectivity index (χ2n) is 6.13.